The molecule has 3 fully saturated rings. The molecule has 3 heterocycles. The first-order valence-electron chi connectivity index (χ1n) is 7.33. The molecule has 0 spiro atoms. The van der Waals surface area contributed by atoms with E-state index in [0.29, 0.717) is 0 Å². The van der Waals surface area contributed by atoms with E-state index >= 15 is 0 Å². The summed E-state index contributed by atoms with van der Waals surface area (Å²) in [5.74, 6) is -0.0748. The number of halogens is 3. The highest BCUT2D eigenvalue weighted by molar-refractivity contribution is 5.98. The number of fused-ring (bicyclic) bond motifs is 5. The molecule has 1 aliphatic carbocycles. The van der Waals surface area contributed by atoms with Crippen LogP contribution >= 0.6 is 0 Å². The maximum Gasteiger partial charge on any atom is 0.416 e. The fourth-order valence-electron chi connectivity index (χ4n) is 4.01. The monoisotopic (exact) mass is 312 g/mol. The Morgan fingerprint density at radius 2 is 2.18 bits per heavy atom. The standard InChI is InChI=1S/C15H15F3N2O2/c1-7-4-8(15(16,17)18)5-12(19-7)20-13(21)14-6-9(14)10-2-3-11(14)22-10/h4-5,9-11H,2-3,6H2,1H3,(H,19,20,21). The number of ether oxygens (including phenoxy) is 1. The minimum absolute atomic E-state index is 0.0416. The van der Waals surface area contributed by atoms with Crippen LogP contribution in [0.3, 0.4) is 0 Å². The summed E-state index contributed by atoms with van der Waals surface area (Å²) in [4.78, 5) is 16.5. The van der Waals surface area contributed by atoms with Crippen molar-refractivity contribution in [1.82, 2.24) is 4.98 Å². The quantitative estimate of drug-likeness (QED) is 0.913. The molecule has 4 nitrogen and oxygen atoms in total. The number of carbonyl (C=O) groups excluding carboxylic acids is 1. The Bertz CT molecular complexity index is 661. The van der Waals surface area contributed by atoms with Gasteiger partial charge >= 0.3 is 6.18 Å². The Labute approximate surface area is 125 Å². The number of pyridine rings is 1. The van der Waals surface area contributed by atoms with Crippen LogP contribution in [0.25, 0.3) is 0 Å². The van der Waals surface area contributed by atoms with Gasteiger partial charge in [-0.15, -0.1) is 0 Å². The van der Waals surface area contributed by atoms with Crippen molar-refractivity contribution in [3.8, 4) is 0 Å². The molecule has 1 amide bonds. The third kappa shape index (κ3) is 1.87. The Balaban J connectivity index is 1.57. The lowest BCUT2D eigenvalue weighted by molar-refractivity contribution is -0.137. The fraction of sp³-hybridized carbons (Fsp3) is 0.600. The van der Waals surface area contributed by atoms with Crippen molar-refractivity contribution in [2.45, 2.75) is 44.6 Å². The van der Waals surface area contributed by atoms with E-state index in [-0.39, 0.29) is 35.5 Å². The van der Waals surface area contributed by atoms with Crippen molar-refractivity contribution in [3.63, 3.8) is 0 Å². The minimum Gasteiger partial charge on any atom is -0.374 e. The minimum atomic E-state index is -4.46. The SMILES string of the molecule is Cc1cc(C(F)(F)F)cc(NC(=O)C23CC2C2CCC3O2)n1. The lowest BCUT2D eigenvalue weighted by atomic mass is 9.87. The normalized spacial score (nSPS) is 35.4. The average molecular weight is 312 g/mol. The van der Waals surface area contributed by atoms with E-state index < -0.39 is 17.2 Å². The zero-order chi connectivity index (χ0) is 15.7. The lowest BCUT2D eigenvalue weighted by Crippen LogP contribution is -2.34. The highest BCUT2D eigenvalue weighted by Crippen LogP contribution is 2.68. The summed E-state index contributed by atoms with van der Waals surface area (Å²) in [6.07, 6.45) is -1.80. The topological polar surface area (TPSA) is 51.2 Å². The van der Waals surface area contributed by atoms with Gasteiger partial charge in [0.1, 0.15) is 5.82 Å². The second-order valence-corrected chi connectivity index (χ2v) is 6.43. The van der Waals surface area contributed by atoms with E-state index in [4.69, 9.17) is 4.74 Å². The smallest absolute Gasteiger partial charge is 0.374 e. The van der Waals surface area contributed by atoms with Crippen LogP contribution in [0.5, 0.6) is 0 Å². The Hall–Kier alpha value is -1.63. The summed E-state index contributed by atoms with van der Waals surface area (Å²) in [5.41, 5.74) is -1.12. The van der Waals surface area contributed by atoms with Crippen molar-refractivity contribution in [3.05, 3.63) is 23.4 Å². The van der Waals surface area contributed by atoms with Gasteiger partial charge in [-0.05, 0) is 38.3 Å². The Kier molecular flexibility index (Phi) is 2.68. The van der Waals surface area contributed by atoms with Crippen LogP contribution in [0, 0.1) is 18.3 Å². The van der Waals surface area contributed by atoms with E-state index in [2.05, 4.69) is 10.3 Å². The molecule has 4 unspecified atom stereocenters. The molecule has 118 valence electrons. The molecule has 7 heteroatoms. The highest BCUT2D eigenvalue weighted by atomic mass is 19.4. The predicted molar refractivity (Wildman–Crippen MR) is 71.0 cm³/mol. The molecule has 1 aromatic rings. The van der Waals surface area contributed by atoms with Crippen molar-refractivity contribution >= 4 is 11.7 Å². The summed E-state index contributed by atoms with van der Waals surface area (Å²) in [7, 11) is 0. The predicted octanol–water partition coefficient (Wildman–Crippen LogP) is 2.91. The number of anilines is 1. The molecule has 0 aromatic carbocycles. The molecule has 22 heavy (non-hydrogen) atoms. The van der Waals surface area contributed by atoms with Gasteiger partial charge in [0.05, 0.1) is 23.2 Å². The van der Waals surface area contributed by atoms with Crippen LogP contribution < -0.4 is 5.32 Å². The zero-order valence-corrected chi connectivity index (χ0v) is 11.9. The van der Waals surface area contributed by atoms with Gasteiger partial charge in [-0.3, -0.25) is 4.79 Å². The van der Waals surface area contributed by atoms with Gasteiger partial charge in [0.15, 0.2) is 0 Å². The number of aryl methyl sites for hydroxylation is 1. The second kappa shape index (κ2) is 4.22. The Morgan fingerprint density at radius 3 is 2.82 bits per heavy atom. The van der Waals surface area contributed by atoms with Gasteiger partial charge in [0.2, 0.25) is 5.91 Å². The second-order valence-electron chi connectivity index (χ2n) is 6.43. The summed E-state index contributed by atoms with van der Waals surface area (Å²) < 4.78 is 44.2. The number of alkyl halides is 3. The van der Waals surface area contributed by atoms with Gasteiger partial charge < -0.3 is 10.1 Å². The van der Waals surface area contributed by atoms with Crippen LogP contribution in [-0.4, -0.2) is 23.1 Å². The van der Waals surface area contributed by atoms with Gasteiger partial charge in [-0.1, -0.05) is 0 Å². The molecule has 4 atom stereocenters. The molecule has 2 saturated heterocycles. The van der Waals surface area contributed by atoms with Crippen LogP contribution in [0.4, 0.5) is 19.0 Å². The summed E-state index contributed by atoms with van der Waals surface area (Å²) in [6, 6.07) is 1.85. The van der Waals surface area contributed by atoms with E-state index in [0.717, 1.165) is 31.4 Å². The third-order valence-electron chi connectivity index (χ3n) is 5.08. The first-order valence-corrected chi connectivity index (χ1v) is 7.33. The maximum absolute atomic E-state index is 12.8. The van der Waals surface area contributed by atoms with Crippen molar-refractivity contribution in [2.75, 3.05) is 5.32 Å². The molecule has 2 aliphatic heterocycles. The summed E-state index contributed by atoms with van der Waals surface area (Å²) in [6.45, 7) is 1.48. The number of nitrogens with one attached hydrogen (secondary N) is 1. The number of hydrogen-bond acceptors (Lipinski definition) is 3. The first kappa shape index (κ1) is 14.0. The number of carbonyl (C=O) groups is 1. The van der Waals surface area contributed by atoms with Gasteiger partial charge in [0, 0.05) is 11.6 Å². The number of rotatable bonds is 2. The van der Waals surface area contributed by atoms with Crippen molar-refractivity contribution < 1.29 is 22.7 Å². The van der Waals surface area contributed by atoms with Crippen LogP contribution in [0.2, 0.25) is 0 Å². The lowest BCUT2D eigenvalue weighted by Gasteiger charge is -2.20. The third-order valence-corrected chi connectivity index (χ3v) is 5.08. The number of aromatic nitrogens is 1. The van der Waals surface area contributed by atoms with Crippen molar-refractivity contribution in [1.29, 1.82) is 0 Å². The average Bonchev–Trinajstić information content (AvgIpc) is 2.92. The number of nitrogens with zero attached hydrogens (tertiary/aromatic N) is 1. The molecule has 1 aromatic heterocycles. The molecule has 3 aliphatic rings. The first-order chi connectivity index (χ1) is 10.3. The molecule has 1 saturated carbocycles. The van der Waals surface area contributed by atoms with E-state index in [1.54, 1.807) is 0 Å². The molecule has 0 radical (unpaired) electrons. The largest absolute Gasteiger partial charge is 0.416 e. The van der Waals surface area contributed by atoms with Crippen LogP contribution in [0.15, 0.2) is 12.1 Å². The van der Waals surface area contributed by atoms with Gasteiger partial charge in [-0.25, -0.2) is 4.98 Å². The highest BCUT2D eigenvalue weighted by Gasteiger charge is 2.74. The zero-order valence-electron chi connectivity index (χ0n) is 11.9. The number of hydrogen-bond donors (Lipinski definition) is 1. The fourth-order valence-corrected chi connectivity index (χ4v) is 4.01. The molecule has 2 bridgehead atoms. The maximum atomic E-state index is 12.8. The van der Waals surface area contributed by atoms with Crippen LogP contribution in [-0.2, 0) is 15.7 Å². The molecular weight excluding hydrogens is 297 g/mol. The molecule has 1 N–H and O–H groups in total. The van der Waals surface area contributed by atoms with Crippen LogP contribution in [0.1, 0.15) is 30.5 Å². The Morgan fingerprint density at radius 1 is 1.41 bits per heavy atom. The number of amides is 1. The van der Waals surface area contributed by atoms with Gasteiger partial charge in [-0.2, -0.15) is 13.2 Å². The van der Waals surface area contributed by atoms with E-state index in [1.165, 1.54) is 6.92 Å². The van der Waals surface area contributed by atoms with E-state index in [9.17, 15) is 18.0 Å². The molecule has 4 rings (SSSR count). The van der Waals surface area contributed by atoms with Crippen molar-refractivity contribution in [2.24, 2.45) is 11.3 Å². The summed E-state index contributed by atoms with van der Waals surface area (Å²) >= 11 is 0. The van der Waals surface area contributed by atoms with E-state index in [1.807, 2.05) is 0 Å². The summed E-state index contributed by atoms with van der Waals surface area (Å²) in [5, 5.41) is 2.57. The molecular formula is C15H15F3N2O2. The van der Waals surface area contributed by atoms with Gasteiger partial charge in [0.25, 0.3) is 0 Å².